The van der Waals surface area contributed by atoms with Crippen LogP contribution in [0.1, 0.15) is 36.6 Å². The quantitative estimate of drug-likeness (QED) is 0.586. The average molecular weight is 434 g/mol. The number of fused-ring (bicyclic) bond motifs is 1. The fourth-order valence-corrected chi connectivity index (χ4v) is 4.36. The maximum atomic E-state index is 13.4. The van der Waals surface area contributed by atoms with E-state index < -0.39 is 0 Å². The van der Waals surface area contributed by atoms with E-state index in [1.165, 1.54) is 17.7 Å². The summed E-state index contributed by atoms with van der Waals surface area (Å²) in [5, 5.41) is 0. The first-order chi connectivity index (χ1) is 15.6. The van der Waals surface area contributed by atoms with Gasteiger partial charge in [0, 0.05) is 51.5 Å². The molecular formula is C25H28FN5O. The third kappa shape index (κ3) is 4.72. The Balaban J connectivity index is 1.44. The second-order valence-corrected chi connectivity index (χ2v) is 8.80. The molecule has 0 spiro atoms. The highest BCUT2D eigenvalue weighted by molar-refractivity contribution is 5.44. The van der Waals surface area contributed by atoms with Crippen molar-refractivity contribution in [2.75, 3.05) is 24.5 Å². The van der Waals surface area contributed by atoms with Gasteiger partial charge in [-0.25, -0.2) is 9.37 Å². The number of halogens is 1. The molecule has 1 saturated heterocycles. The number of pyridine rings is 1. The molecule has 0 unspecified atom stereocenters. The molecule has 7 heteroatoms. The first-order valence-electron chi connectivity index (χ1n) is 11.3. The van der Waals surface area contributed by atoms with E-state index in [9.17, 15) is 4.39 Å². The van der Waals surface area contributed by atoms with Gasteiger partial charge < -0.3 is 9.64 Å². The Bertz CT molecular complexity index is 1050. The highest BCUT2D eigenvalue weighted by Gasteiger charge is 2.26. The molecule has 0 atom stereocenters. The summed E-state index contributed by atoms with van der Waals surface area (Å²) in [4.78, 5) is 18.6. The van der Waals surface area contributed by atoms with Crippen molar-refractivity contribution in [3.63, 3.8) is 0 Å². The molecular weight excluding hydrogens is 405 g/mol. The molecule has 2 aromatic heterocycles. The molecule has 2 aliphatic rings. The van der Waals surface area contributed by atoms with Crippen LogP contribution in [0.15, 0.2) is 48.8 Å². The van der Waals surface area contributed by atoms with Crippen molar-refractivity contribution in [3.8, 4) is 11.6 Å². The topological polar surface area (TPSA) is 54.4 Å². The smallest absolute Gasteiger partial charge is 0.228 e. The van der Waals surface area contributed by atoms with E-state index in [-0.39, 0.29) is 5.82 Å². The van der Waals surface area contributed by atoms with Crippen LogP contribution >= 0.6 is 0 Å². The van der Waals surface area contributed by atoms with Gasteiger partial charge in [-0.1, -0.05) is 6.92 Å². The molecule has 0 saturated carbocycles. The van der Waals surface area contributed by atoms with E-state index >= 15 is 0 Å². The lowest BCUT2D eigenvalue weighted by Gasteiger charge is -2.33. The van der Waals surface area contributed by atoms with Crippen LogP contribution in [-0.2, 0) is 19.5 Å². The van der Waals surface area contributed by atoms with Crippen LogP contribution in [-0.4, -0.2) is 39.5 Å². The molecule has 0 radical (unpaired) electrons. The van der Waals surface area contributed by atoms with Gasteiger partial charge in [0.15, 0.2) is 0 Å². The Hall–Kier alpha value is -3.06. The molecule has 4 heterocycles. The van der Waals surface area contributed by atoms with Gasteiger partial charge in [0.05, 0.1) is 11.3 Å². The van der Waals surface area contributed by atoms with Crippen LogP contribution < -0.4 is 9.64 Å². The summed E-state index contributed by atoms with van der Waals surface area (Å²) in [5.41, 5.74) is 3.30. The summed E-state index contributed by atoms with van der Waals surface area (Å²) in [5.74, 6) is 2.36. The summed E-state index contributed by atoms with van der Waals surface area (Å²) in [6, 6.07) is 10.2. The summed E-state index contributed by atoms with van der Waals surface area (Å²) < 4.78 is 19.6. The van der Waals surface area contributed by atoms with Gasteiger partial charge >= 0.3 is 0 Å². The van der Waals surface area contributed by atoms with E-state index in [2.05, 4.69) is 21.7 Å². The highest BCUT2D eigenvalue weighted by Crippen LogP contribution is 2.33. The second kappa shape index (κ2) is 9.20. The van der Waals surface area contributed by atoms with E-state index in [4.69, 9.17) is 14.7 Å². The zero-order valence-corrected chi connectivity index (χ0v) is 18.4. The van der Waals surface area contributed by atoms with E-state index in [1.54, 1.807) is 12.1 Å². The van der Waals surface area contributed by atoms with Crippen molar-refractivity contribution in [3.05, 3.63) is 71.4 Å². The molecule has 3 aromatic rings. The summed E-state index contributed by atoms with van der Waals surface area (Å²) in [7, 11) is 0. The summed E-state index contributed by atoms with van der Waals surface area (Å²) in [6.07, 6.45) is 6.79. The van der Waals surface area contributed by atoms with Gasteiger partial charge in [-0.15, -0.1) is 0 Å². The van der Waals surface area contributed by atoms with Gasteiger partial charge in [-0.3, -0.25) is 9.88 Å². The Morgan fingerprint density at radius 1 is 1.00 bits per heavy atom. The normalized spacial score (nSPS) is 17.2. The van der Waals surface area contributed by atoms with Crippen LogP contribution in [0.25, 0.3) is 0 Å². The summed E-state index contributed by atoms with van der Waals surface area (Å²) >= 11 is 0. The van der Waals surface area contributed by atoms with Crippen molar-refractivity contribution >= 4 is 5.95 Å². The Morgan fingerprint density at radius 3 is 2.50 bits per heavy atom. The van der Waals surface area contributed by atoms with Gasteiger partial charge in [0.1, 0.15) is 11.6 Å². The standard InChI is InChI=1S/C25H28FN5O/c1-18-8-14-31(15-9-18)25-28-23-10-13-30(16-19-6-11-27-12-7-19)17-22(23)24(29-25)32-21-4-2-20(26)3-5-21/h2-7,11-12,18H,8-10,13-17H2,1H3. The minimum Gasteiger partial charge on any atom is -0.438 e. The molecule has 0 bridgehead atoms. The van der Waals surface area contributed by atoms with E-state index in [1.807, 2.05) is 24.5 Å². The molecule has 0 N–H and O–H groups in total. The lowest BCUT2D eigenvalue weighted by atomic mass is 9.99. The molecule has 166 valence electrons. The van der Waals surface area contributed by atoms with Gasteiger partial charge in [-0.2, -0.15) is 4.98 Å². The van der Waals surface area contributed by atoms with Crippen molar-refractivity contribution in [2.24, 2.45) is 5.92 Å². The van der Waals surface area contributed by atoms with Crippen LogP contribution in [0, 0.1) is 11.7 Å². The maximum Gasteiger partial charge on any atom is 0.228 e. The van der Waals surface area contributed by atoms with Gasteiger partial charge in [0.25, 0.3) is 0 Å². The van der Waals surface area contributed by atoms with E-state index in [0.29, 0.717) is 18.2 Å². The van der Waals surface area contributed by atoms with E-state index in [0.717, 1.165) is 68.6 Å². The van der Waals surface area contributed by atoms with Gasteiger partial charge in [0.2, 0.25) is 11.8 Å². The lowest BCUT2D eigenvalue weighted by molar-refractivity contribution is 0.238. The number of aromatic nitrogens is 3. The predicted octanol–water partition coefficient (Wildman–Crippen LogP) is 4.60. The second-order valence-electron chi connectivity index (χ2n) is 8.80. The molecule has 2 aliphatic heterocycles. The number of nitrogens with zero attached hydrogens (tertiary/aromatic N) is 5. The predicted molar refractivity (Wildman–Crippen MR) is 121 cm³/mol. The molecule has 1 fully saturated rings. The molecule has 0 amide bonds. The number of hydrogen-bond donors (Lipinski definition) is 0. The van der Waals surface area contributed by atoms with Crippen molar-refractivity contribution < 1.29 is 9.13 Å². The number of rotatable bonds is 5. The van der Waals surface area contributed by atoms with Crippen molar-refractivity contribution in [2.45, 2.75) is 39.3 Å². The minimum absolute atomic E-state index is 0.284. The molecule has 1 aromatic carbocycles. The molecule has 32 heavy (non-hydrogen) atoms. The van der Waals surface area contributed by atoms with Crippen LogP contribution in [0.2, 0.25) is 0 Å². The fourth-order valence-electron chi connectivity index (χ4n) is 4.36. The lowest BCUT2D eigenvalue weighted by Crippen LogP contribution is -2.36. The Labute approximate surface area is 188 Å². The molecule has 6 nitrogen and oxygen atoms in total. The molecule has 5 rings (SSSR count). The zero-order valence-electron chi connectivity index (χ0n) is 18.4. The van der Waals surface area contributed by atoms with Crippen LogP contribution in [0.4, 0.5) is 10.3 Å². The molecule has 0 aliphatic carbocycles. The first-order valence-corrected chi connectivity index (χ1v) is 11.3. The summed E-state index contributed by atoms with van der Waals surface area (Å²) in [6.45, 7) is 6.70. The monoisotopic (exact) mass is 433 g/mol. The maximum absolute atomic E-state index is 13.4. The SMILES string of the molecule is CC1CCN(c2nc3c(c(Oc4ccc(F)cc4)n2)CN(Cc2ccncc2)CC3)CC1. The number of anilines is 1. The fraction of sp³-hybridized carbons (Fsp3) is 0.400. The number of benzene rings is 1. The minimum atomic E-state index is -0.284. The zero-order chi connectivity index (χ0) is 21.9. The highest BCUT2D eigenvalue weighted by atomic mass is 19.1. The number of hydrogen-bond acceptors (Lipinski definition) is 6. The van der Waals surface area contributed by atoms with Crippen LogP contribution in [0.5, 0.6) is 11.6 Å². The number of ether oxygens (including phenoxy) is 1. The third-order valence-electron chi connectivity index (χ3n) is 6.34. The Morgan fingerprint density at radius 2 is 1.75 bits per heavy atom. The Kier molecular flexibility index (Phi) is 5.99. The van der Waals surface area contributed by atoms with Crippen molar-refractivity contribution in [1.29, 1.82) is 0 Å². The largest absolute Gasteiger partial charge is 0.438 e. The van der Waals surface area contributed by atoms with Crippen molar-refractivity contribution in [1.82, 2.24) is 19.9 Å². The average Bonchev–Trinajstić information content (AvgIpc) is 2.82. The van der Waals surface area contributed by atoms with Gasteiger partial charge in [-0.05, 0) is 60.7 Å². The number of piperidine rings is 1. The third-order valence-corrected chi connectivity index (χ3v) is 6.34. The first kappa shape index (κ1) is 20.8. The van der Waals surface area contributed by atoms with Crippen LogP contribution in [0.3, 0.4) is 0 Å².